The van der Waals surface area contributed by atoms with Crippen LogP contribution in [-0.2, 0) is 11.3 Å². The minimum atomic E-state index is -4.79. The van der Waals surface area contributed by atoms with E-state index in [0.29, 0.717) is 12.5 Å². The predicted octanol–water partition coefficient (Wildman–Crippen LogP) is 1.19. The van der Waals surface area contributed by atoms with Gasteiger partial charge in [0.25, 0.3) is 0 Å². The number of hydrogen-bond acceptors (Lipinski definition) is 4. The number of carbonyl (C=O) groups excluding carboxylic acids is 2. The molecule has 2 rings (SSSR count). The molecule has 11 heteroatoms. The van der Waals surface area contributed by atoms with Gasteiger partial charge in [-0.2, -0.15) is 0 Å². The first-order valence-electron chi connectivity index (χ1n) is 8.24. The molecule has 1 aromatic rings. The number of guanidine groups is 1. The minimum Gasteiger partial charge on any atom is -0.405 e. The summed E-state index contributed by atoms with van der Waals surface area (Å²) in [6.45, 7) is 2.66. The number of ether oxygens (including phenoxy) is 1. The third-order valence-electron chi connectivity index (χ3n) is 3.51. The van der Waals surface area contributed by atoms with Gasteiger partial charge < -0.3 is 20.7 Å². The second-order valence-corrected chi connectivity index (χ2v) is 5.48. The summed E-state index contributed by atoms with van der Waals surface area (Å²) in [7, 11) is 0. The molecule has 0 aliphatic carbocycles. The Bertz CT molecular complexity index is 693. The molecular weight excluding hydrogens is 367 g/mol. The van der Waals surface area contributed by atoms with Gasteiger partial charge in [0.15, 0.2) is 5.96 Å². The van der Waals surface area contributed by atoms with E-state index in [1.165, 1.54) is 18.2 Å². The van der Waals surface area contributed by atoms with Crippen molar-refractivity contribution in [2.75, 3.05) is 26.2 Å². The summed E-state index contributed by atoms with van der Waals surface area (Å²) in [5, 5.41) is 8.28. The van der Waals surface area contributed by atoms with Crippen LogP contribution >= 0.6 is 0 Å². The number of benzene rings is 1. The van der Waals surface area contributed by atoms with Crippen LogP contribution in [0.3, 0.4) is 0 Å². The first-order valence-corrected chi connectivity index (χ1v) is 8.24. The zero-order chi connectivity index (χ0) is 19.9. The number of aliphatic imine (C=N–C) groups is 1. The van der Waals surface area contributed by atoms with Gasteiger partial charge in [0, 0.05) is 25.2 Å². The van der Waals surface area contributed by atoms with E-state index in [0.717, 1.165) is 4.90 Å². The number of amides is 3. The van der Waals surface area contributed by atoms with Crippen LogP contribution in [0.5, 0.6) is 5.75 Å². The SMILES string of the molecule is CCNC(=NCc1ccccc1OC(F)(F)F)NCCN1C(=O)CNC1=O. The molecule has 1 heterocycles. The number of hydrogen-bond donors (Lipinski definition) is 3. The summed E-state index contributed by atoms with van der Waals surface area (Å²) < 4.78 is 41.4. The topological polar surface area (TPSA) is 95.1 Å². The van der Waals surface area contributed by atoms with Crippen LogP contribution in [0.1, 0.15) is 12.5 Å². The number of nitrogens with zero attached hydrogens (tertiary/aromatic N) is 2. The second kappa shape index (κ2) is 9.10. The van der Waals surface area contributed by atoms with E-state index >= 15 is 0 Å². The van der Waals surface area contributed by atoms with E-state index < -0.39 is 12.4 Å². The lowest BCUT2D eigenvalue weighted by atomic mass is 10.2. The van der Waals surface area contributed by atoms with Crippen LogP contribution in [0, 0.1) is 0 Å². The Kier molecular flexibility index (Phi) is 6.85. The molecule has 0 aromatic heterocycles. The molecular formula is C16H20F3N5O3. The average Bonchev–Trinajstić information content (AvgIpc) is 2.91. The Labute approximate surface area is 153 Å². The lowest BCUT2D eigenvalue weighted by molar-refractivity contribution is -0.274. The number of nitrogens with one attached hydrogen (secondary N) is 3. The first-order chi connectivity index (χ1) is 12.8. The fraction of sp³-hybridized carbons (Fsp3) is 0.438. The Morgan fingerprint density at radius 3 is 2.67 bits per heavy atom. The molecule has 1 aliphatic rings. The van der Waals surface area contributed by atoms with Crippen molar-refractivity contribution >= 4 is 17.9 Å². The van der Waals surface area contributed by atoms with Crippen molar-refractivity contribution in [2.24, 2.45) is 4.99 Å². The highest BCUT2D eigenvalue weighted by atomic mass is 19.4. The van der Waals surface area contributed by atoms with E-state index in [1.807, 2.05) is 6.92 Å². The van der Waals surface area contributed by atoms with Crippen LogP contribution in [0.15, 0.2) is 29.3 Å². The fourth-order valence-corrected chi connectivity index (χ4v) is 2.33. The molecule has 0 unspecified atom stereocenters. The molecule has 148 valence electrons. The smallest absolute Gasteiger partial charge is 0.405 e. The summed E-state index contributed by atoms with van der Waals surface area (Å²) in [5.74, 6) is -0.294. The van der Waals surface area contributed by atoms with Crippen LogP contribution in [0.4, 0.5) is 18.0 Å². The molecule has 1 aliphatic heterocycles. The van der Waals surface area contributed by atoms with Gasteiger partial charge in [0.1, 0.15) is 5.75 Å². The van der Waals surface area contributed by atoms with E-state index in [2.05, 4.69) is 25.7 Å². The third-order valence-corrected chi connectivity index (χ3v) is 3.51. The van der Waals surface area contributed by atoms with Gasteiger partial charge in [-0.3, -0.25) is 9.69 Å². The van der Waals surface area contributed by atoms with Crippen molar-refractivity contribution in [3.63, 3.8) is 0 Å². The lowest BCUT2D eigenvalue weighted by Gasteiger charge is -2.16. The maximum Gasteiger partial charge on any atom is 0.573 e. The number of imide groups is 1. The van der Waals surface area contributed by atoms with Crippen LogP contribution in [0.2, 0.25) is 0 Å². The maximum atomic E-state index is 12.5. The molecule has 0 spiro atoms. The maximum absolute atomic E-state index is 12.5. The molecule has 27 heavy (non-hydrogen) atoms. The van der Waals surface area contributed by atoms with E-state index in [4.69, 9.17) is 0 Å². The Balaban J connectivity index is 1.97. The van der Waals surface area contributed by atoms with Gasteiger partial charge in [-0.25, -0.2) is 9.79 Å². The number of alkyl halides is 3. The molecule has 0 radical (unpaired) electrons. The number of urea groups is 1. The molecule has 1 fully saturated rings. The predicted molar refractivity (Wildman–Crippen MR) is 91.1 cm³/mol. The molecule has 0 bridgehead atoms. The van der Waals surface area contributed by atoms with E-state index in [1.54, 1.807) is 6.07 Å². The van der Waals surface area contributed by atoms with E-state index in [9.17, 15) is 22.8 Å². The number of rotatable bonds is 7. The van der Waals surface area contributed by atoms with Crippen molar-refractivity contribution < 1.29 is 27.5 Å². The van der Waals surface area contributed by atoms with Gasteiger partial charge in [-0.05, 0) is 13.0 Å². The normalized spacial score (nSPS) is 15.0. The lowest BCUT2D eigenvalue weighted by Crippen LogP contribution is -2.43. The standard InChI is InChI=1S/C16H20F3N5O3/c1-2-20-14(21-7-8-24-13(25)10-23-15(24)26)22-9-11-5-3-4-6-12(11)27-16(17,18)19/h3-6H,2,7-10H2,1H3,(H,23,26)(H2,20,21,22). The molecule has 3 amide bonds. The van der Waals surface area contributed by atoms with Gasteiger partial charge in [-0.1, -0.05) is 18.2 Å². The first kappa shape index (κ1) is 20.3. The summed E-state index contributed by atoms with van der Waals surface area (Å²) in [5.41, 5.74) is 0.265. The monoisotopic (exact) mass is 387 g/mol. The molecule has 3 N–H and O–H groups in total. The van der Waals surface area contributed by atoms with Crippen molar-refractivity contribution in [1.82, 2.24) is 20.9 Å². The van der Waals surface area contributed by atoms with Crippen molar-refractivity contribution in [1.29, 1.82) is 0 Å². The van der Waals surface area contributed by atoms with E-state index in [-0.39, 0.29) is 43.4 Å². The Hall–Kier alpha value is -2.98. The molecule has 8 nitrogen and oxygen atoms in total. The van der Waals surface area contributed by atoms with Gasteiger partial charge in [0.2, 0.25) is 5.91 Å². The average molecular weight is 387 g/mol. The molecule has 1 saturated heterocycles. The Morgan fingerprint density at radius 2 is 2.04 bits per heavy atom. The van der Waals surface area contributed by atoms with Crippen LogP contribution in [-0.4, -0.2) is 55.3 Å². The number of carbonyl (C=O) groups is 2. The highest BCUT2D eigenvalue weighted by Gasteiger charge is 2.32. The number of para-hydroxylation sites is 1. The van der Waals surface area contributed by atoms with Gasteiger partial charge in [0.05, 0.1) is 13.1 Å². The largest absolute Gasteiger partial charge is 0.573 e. The number of halogens is 3. The van der Waals surface area contributed by atoms with Crippen molar-refractivity contribution in [3.05, 3.63) is 29.8 Å². The summed E-state index contributed by atoms with van der Waals surface area (Å²) in [4.78, 5) is 28.3. The Morgan fingerprint density at radius 1 is 1.30 bits per heavy atom. The van der Waals surface area contributed by atoms with Crippen LogP contribution < -0.4 is 20.7 Å². The third kappa shape index (κ3) is 6.35. The molecule has 1 aromatic carbocycles. The highest BCUT2D eigenvalue weighted by Crippen LogP contribution is 2.26. The fourth-order valence-electron chi connectivity index (χ4n) is 2.33. The molecule has 0 saturated carbocycles. The van der Waals surface area contributed by atoms with Gasteiger partial charge >= 0.3 is 12.4 Å². The summed E-state index contributed by atoms with van der Waals surface area (Å²) in [6.07, 6.45) is -4.79. The zero-order valence-electron chi connectivity index (χ0n) is 14.6. The highest BCUT2D eigenvalue weighted by molar-refractivity contribution is 6.01. The van der Waals surface area contributed by atoms with Crippen molar-refractivity contribution in [2.45, 2.75) is 19.8 Å². The molecule has 0 atom stereocenters. The summed E-state index contributed by atoms with van der Waals surface area (Å²) >= 11 is 0. The zero-order valence-corrected chi connectivity index (χ0v) is 14.6. The quantitative estimate of drug-likeness (QED) is 0.371. The van der Waals surface area contributed by atoms with Crippen molar-refractivity contribution in [3.8, 4) is 5.75 Å². The minimum absolute atomic E-state index is 0.0248. The van der Waals surface area contributed by atoms with Gasteiger partial charge in [-0.15, -0.1) is 13.2 Å². The van der Waals surface area contributed by atoms with Crippen LogP contribution in [0.25, 0.3) is 0 Å². The second-order valence-electron chi connectivity index (χ2n) is 5.48. The summed E-state index contributed by atoms with van der Waals surface area (Å²) in [6, 6.07) is 5.28.